The van der Waals surface area contributed by atoms with Gasteiger partial charge in [-0.05, 0) is 69.5 Å². The molecule has 2 atom stereocenters. The second kappa shape index (κ2) is 12.6. The third-order valence-corrected chi connectivity index (χ3v) is 4.94. The van der Waals surface area contributed by atoms with Crippen LogP contribution in [0.2, 0.25) is 0 Å². The van der Waals surface area contributed by atoms with Gasteiger partial charge in [-0.25, -0.2) is 0 Å². The van der Waals surface area contributed by atoms with Crippen molar-refractivity contribution < 1.29 is 19.1 Å². The first kappa shape index (κ1) is 24.3. The number of carbonyl (C=O) groups excluding carboxylic acids is 2. The van der Waals surface area contributed by atoms with E-state index >= 15 is 0 Å². The number of hydrogen-bond donors (Lipinski definition) is 2. The van der Waals surface area contributed by atoms with Gasteiger partial charge in [0.2, 0.25) is 0 Å². The summed E-state index contributed by atoms with van der Waals surface area (Å²) < 4.78 is 11.5. The van der Waals surface area contributed by atoms with Crippen LogP contribution in [0.1, 0.15) is 67.7 Å². The summed E-state index contributed by atoms with van der Waals surface area (Å²) in [5.74, 6) is 1.06. The predicted octanol–water partition coefficient (Wildman–Crippen LogP) is 4.59. The molecule has 6 heteroatoms. The van der Waals surface area contributed by atoms with E-state index in [-0.39, 0.29) is 24.0 Å². The van der Waals surface area contributed by atoms with Crippen molar-refractivity contribution in [1.82, 2.24) is 10.6 Å². The lowest BCUT2D eigenvalue weighted by molar-refractivity contribution is 0.0950. The standard InChI is InChI=1S/C25H34N2O4/c1-5-18(3)30-22-12-7-10-20(16-22)24(28)26-14-9-15-27-25(29)21-11-8-13-23(17-21)31-19(4)6-2/h7-8,10-13,16-19H,5-6,9,14-15H2,1-4H3,(H,26,28)(H,27,29). The van der Waals surface area contributed by atoms with Crippen molar-refractivity contribution in [3.8, 4) is 11.5 Å². The van der Waals surface area contributed by atoms with Gasteiger partial charge in [-0.2, -0.15) is 0 Å². The fraction of sp³-hybridized carbons (Fsp3) is 0.440. The molecule has 31 heavy (non-hydrogen) atoms. The molecule has 2 amide bonds. The molecule has 0 fully saturated rings. The summed E-state index contributed by atoms with van der Waals surface area (Å²) >= 11 is 0. The van der Waals surface area contributed by atoms with Crippen molar-refractivity contribution in [3.05, 3.63) is 59.7 Å². The molecule has 0 saturated carbocycles. The third kappa shape index (κ3) is 8.32. The van der Waals surface area contributed by atoms with Gasteiger partial charge in [0.1, 0.15) is 11.5 Å². The van der Waals surface area contributed by atoms with Crippen molar-refractivity contribution in [2.24, 2.45) is 0 Å². The monoisotopic (exact) mass is 426 g/mol. The highest BCUT2D eigenvalue weighted by Gasteiger charge is 2.10. The van der Waals surface area contributed by atoms with Crippen LogP contribution in [0.4, 0.5) is 0 Å². The predicted molar refractivity (Wildman–Crippen MR) is 123 cm³/mol. The minimum absolute atomic E-state index is 0.101. The van der Waals surface area contributed by atoms with E-state index in [1.54, 1.807) is 24.3 Å². The van der Waals surface area contributed by atoms with E-state index in [4.69, 9.17) is 9.47 Å². The molecule has 0 aromatic heterocycles. The lowest BCUT2D eigenvalue weighted by Gasteiger charge is -2.14. The van der Waals surface area contributed by atoms with Gasteiger partial charge in [-0.1, -0.05) is 26.0 Å². The van der Waals surface area contributed by atoms with Crippen molar-refractivity contribution >= 4 is 11.8 Å². The van der Waals surface area contributed by atoms with Crippen LogP contribution >= 0.6 is 0 Å². The van der Waals surface area contributed by atoms with Gasteiger partial charge in [-0.3, -0.25) is 9.59 Å². The first-order chi connectivity index (χ1) is 14.9. The molecule has 2 unspecified atom stereocenters. The molecule has 0 spiro atoms. The normalized spacial score (nSPS) is 12.5. The van der Waals surface area contributed by atoms with Crippen LogP contribution in [0.3, 0.4) is 0 Å². The summed E-state index contributed by atoms with van der Waals surface area (Å²) in [4.78, 5) is 24.7. The Balaban J connectivity index is 1.74. The zero-order chi connectivity index (χ0) is 22.6. The lowest BCUT2D eigenvalue weighted by atomic mass is 10.2. The Morgan fingerprint density at radius 1 is 0.774 bits per heavy atom. The maximum absolute atomic E-state index is 12.4. The molecule has 0 bridgehead atoms. The summed E-state index contributed by atoms with van der Waals surface area (Å²) in [6.45, 7) is 9.03. The molecule has 0 aliphatic rings. The van der Waals surface area contributed by atoms with Crippen LogP contribution in [0.25, 0.3) is 0 Å². The number of carbonyl (C=O) groups is 2. The molecule has 0 aliphatic heterocycles. The summed E-state index contributed by atoms with van der Waals surface area (Å²) in [6.07, 6.45) is 2.63. The number of rotatable bonds is 12. The van der Waals surface area contributed by atoms with Crippen LogP contribution in [0.5, 0.6) is 11.5 Å². The smallest absolute Gasteiger partial charge is 0.251 e. The summed E-state index contributed by atoms with van der Waals surface area (Å²) in [5, 5.41) is 5.76. The van der Waals surface area contributed by atoms with E-state index in [0.717, 1.165) is 12.8 Å². The van der Waals surface area contributed by atoms with E-state index in [2.05, 4.69) is 24.5 Å². The molecule has 2 N–H and O–H groups in total. The Morgan fingerprint density at radius 2 is 1.19 bits per heavy atom. The van der Waals surface area contributed by atoms with Crippen molar-refractivity contribution in [1.29, 1.82) is 0 Å². The van der Waals surface area contributed by atoms with Gasteiger partial charge in [0, 0.05) is 24.2 Å². The maximum Gasteiger partial charge on any atom is 0.251 e. The average molecular weight is 427 g/mol. The molecule has 0 radical (unpaired) electrons. The Bertz CT molecular complexity index is 783. The van der Waals surface area contributed by atoms with E-state index in [1.165, 1.54) is 0 Å². The molecule has 0 heterocycles. The minimum atomic E-state index is -0.157. The lowest BCUT2D eigenvalue weighted by Crippen LogP contribution is -2.30. The Labute approximate surface area is 185 Å². The number of amides is 2. The van der Waals surface area contributed by atoms with Gasteiger partial charge >= 0.3 is 0 Å². The van der Waals surface area contributed by atoms with Gasteiger partial charge in [0.15, 0.2) is 0 Å². The summed E-state index contributed by atoms with van der Waals surface area (Å²) in [5.41, 5.74) is 1.12. The molecular weight excluding hydrogens is 392 g/mol. The Kier molecular flexibility index (Phi) is 9.88. The van der Waals surface area contributed by atoms with E-state index < -0.39 is 0 Å². The number of hydrogen-bond acceptors (Lipinski definition) is 4. The minimum Gasteiger partial charge on any atom is -0.491 e. The highest BCUT2D eigenvalue weighted by molar-refractivity contribution is 5.95. The van der Waals surface area contributed by atoms with Crippen LogP contribution in [-0.2, 0) is 0 Å². The van der Waals surface area contributed by atoms with Gasteiger partial charge in [0.05, 0.1) is 12.2 Å². The van der Waals surface area contributed by atoms with Crippen molar-refractivity contribution in [2.45, 2.75) is 59.2 Å². The van der Waals surface area contributed by atoms with Gasteiger partial charge in [0.25, 0.3) is 11.8 Å². The highest BCUT2D eigenvalue weighted by atomic mass is 16.5. The quantitative estimate of drug-likeness (QED) is 0.487. The third-order valence-electron chi connectivity index (χ3n) is 4.94. The highest BCUT2D eigenvalue weighted by Crippen LogP contribution is 2.17. The Morgan fingerprint density at radius 3 is 1.58 bits per heavy atom. The van der Waals surface area contributed by atoms with Gasteiger partial charge < -0.3 is 20.1 Å². The maximum atomic E-state index is 12.4. The molecular formula is C25H34N2O4. The molecule has 0 saturated heterocycles. The zero-order valence-electron chi connectivity index (χ0n) is 18.9. The summed E-state index contributed by atoms with van der Waals surface area (Å²) in [6, 6.07) is 14.3. The number of benzene rings is 2. The molecule has 2 rings (SSSR count). The molecule has 2 aromatic carbocycles. The fourth-order valence-electron chi connectivity index (χ4n) is 2.75. The Hall–Kier alpha value is -3.02. The molecule has 0 aliphatic carbocycles. The molecule has 6 nitrogen and oxygen atoms in total. The van der Waals surface area contributed by atoms with E-state index in [1.807, 2.05) is 38.1 Å². The van der Waals surface area contributed by atoms with Crippen LogP contribution in [-0.4, -0.2) is 37.1 Å². The summed E-state index contributed by atoms with van der Waals surface area (Å²) in [7, 11) is 0. The first-order valence-corrected chi connectivity index (χ1v) is 11.0. The first-order valence-electron chi connectivity index (χ1n) is 11.0. The van der Waals surface area contributed by atoms with Crippen LogP contribution in [0.15, 0.2) is 48.5 Å². The zero-order valence-corrected chi connectivity index (χ0v) is 18.9. The molecule has 168 valence electrons. The SMILES string of the molecule is CCC(C)Oc1cccc(C(=O)NCCCNC(=O)c2cccc(OC(C)CC)c2)c1. The van der Waals surface area contributed by atoms with Crippen LogP contribution < -0.4 is 20.1 Å². The van der Waals surface area contributed by atoms with E-state index in [9.17, 15) is 9.59 Å². The second-order valence-corrected chi connectivity index (χ2v) is 7.59. The van der Waals surface area contributed by atoms with Crippen LogP contribution in [0, 0.1) is 0 Å². The largest absolute Gasteiger partial charge is 0.491 e. The van der Waals surface area contributed by atoms with E-state index in [0.29, 0.717) is 42.1 Å². The molecule has 2 aromatic rings. The van der Waals surface area contributed by atoms with Gasteiger partial charge in [-0.15, -0.1) is 0 Å². The topological polar surface area (TPSA) is 76.7 Å². The average Bonchev–Trinajstić information content (AvgIpc) is 2.78. The van der Waals surface area contributed by atoms with Crippen molar-refractivity contribution in [3.63, 3.8) is 0 Å². The number of ether oxygens (including phenoxy) is 2. The number of nitrogens with one attached hydrogen (secondary N) is 2. The second-order valence-electron chi connectivity index (χ2n) is 7.59. The van der Waals surface area contributed by atoms with Crippen molar-refractivity contribution in [2.75, 3.05) is 13.1 Å². The fourth-order valence-corrected chi connectivity index (χ4v) is 2.75.